The van der Waals surface area contributed by atoms with E-state index in [2.05, 4.69) is 16.5 Å². The van der Waals surface area contributed by atoms with E-state index in [-0.39, 0.29) is 17.4 Å². The van der Waals surface area contributed by atoms with E-state index in [9.17, 15) is 8.42 Å². The average molecular weight is 157 g/mol. The van der Waals surface area contributed by atoms with Gasteiger partial charge in [-0.2, -0.15) is 12.0 Å². The lowest BCUT2D eigenvalue weighted by molar-refractivity contribution is 0.410. The molecule has 1 N–H and O–H groups in total. The third-order valence-corrected chi connectivity index (χ3v) is 0.848. The van der Waals surface area contributed by atoms with Crippen molar-refractivity contribution in [3.63, 3.8) is 0 Å². The van der Waals surface area contributed by atoms with E-state index in [1.165, 1.54) is 0 Å². The van der Waals surface area contributed by atoms with Crippen molar-refractivity contribution in [2.24, 2.45) is 0 Å². The highest BCUT2D eigenvalue weighted by molar-refractivity contribution is 7.92. The second-order valence-electron chi connectivity index (χ2n) is 0.502. The van der Waals surface area contributed by atoms with Crippen LogP contribution >= 0.6 is 12.9 Å². The average Bonchev–Trinajstić information content (AvgIpc) is 1.35. The third-order valence-electron chi connectivity index (χ3n) is 0.0942. The molecule has 0 aromatic heterocycles. The molecule has 0 atom stereocenters. The second-order valence-corrected chi connectivity index (χ2v) is 1.95. The van der Waals surface area contributed by atoms with Crippen LogP contribution in [0.15, 0.2) is 0 Å². The molecule has 4 nitrogen and oxygen atoms in total. The molecule has 3 radical (unpaired) electrons. The maximum absolute atomic E-state index is 9.26. The Morgan fingerprint density at radius 3 is 1.71 bits per heavy atom. The Hall–Kier alpha value is 0.752. The van der Waals surface area contributed by atoms with Gasteiger partial charge in [0.15, 0.2) is 0 Å². The summed E-state index contributed by atoms with van der Waals surface area (Å²) < 4.78 is 29.2. The predicted molar refractivity (Wildman–Crippen MR) is 27.4 cm³/mol. The van der Waals surface area contributed by atoms with Gasteiger partial charge in [-0.15, -0.1) is 0 Å². The molecule has 0 aliphatic carbocycles. The van der Waals surface area contributed by atoms with Gasteiger partial charge in [-0.3, -0.25) is 4.55 Å². The molecular formula is H2AlO4S2. The molecule has 0 amide bonds. The zero-order valence-corrected chi connectivity index (χ0v) is 5.97. The zero-order valence-electron chi connectivity index (χ0n) is 3.10. The molecule has 0 aromatic rings. The maximum atomic E-state index is 9.26. The molecule has 0 saturated heterocycles. The Kier molecular flexibility index (Phi) is 5.67. The first kappa shape index (κ1) is 10.7. The lowest BCUT2D eigenvalue weighted by Gasteiger charge is -1.80. The fourth-order valence-corrected chi connectivity index (χ4v) is 0. The Morgan fingerprint density at radius 2 is 1.71 bits per heavy atom. The second kappa shape index (κ2) is 3.72. The summed E-state index contributed by atoms with van der Waals surface area (Å²) in [6, 6.07) is 0. The highest BCUT2D eigenvalue weighted by Crippen LogP contribution is 1.85. The lowest BCUT2D eigenvalue weighted by atomic mass is 15.8. The van der Waals surface area contributed by atoms with Gasteiger partial charge in [-0.1, -0.05) is 0 Å². The molecule has 0 saturated carbocycles. The normalized spacial score (nSPS) is 10.0. The molecule has 0 rings (SSSR count). The molecule has 7 heavy (non-hydrogen) atoms. The fourth-order valence-electron chi connectivity index (χ4n) is 0. The van der Waals surface area contributed by atoms with Gasteiger partial charge in [0.25, 0.3) is 0 Å². The molecule has 0 heterocycles. The van der Waals surface area contributed by atoms with E-state index >= 15 is 0 Å². The summed E-state index contributed by atoms with van der Waals surface area (Å²) >= 11 is 2.76. The van der Waals surface area contributed by atoms with Gasteiger partial charge in [0.1, 0.15) is 0 Å². The summed E-state index contributed by atoms with van der Waals surface area (Å²) in [4.78, 5) is 0. The standard InChI is InChI=1S/Al.H2O4S2/c;1-6(2,3)4-5/h;5H,(H,1,2,3). The monoisotopic (exact) mass is 157 g/mol. The lowest BCUT2D eigenvalue weighted by Crippen LogP contribution is -1.92. The highest BCUT2D eigenvalue weighted by Gasteiger charge is 1.95. The van der Waals surface area contributed by atoms with Gasteiger partial charge in [-0.05, 0) is 12.9 Å². The Labute approximate surface area is 57.6 Å². The van der Waals surface area contributed by atoms with Crippen LogP contribution in [0.25, 0.3) is 0 Å². The van der Waals surface area contributed by atoms with Crippen LogP contribution in [0.2, 0.25) is 0 Å². The first-order valence-corrected chi connectivity index (χ1v) is 2.60. The minimum absolute atomic E-state index is 0. The van der Waals surface area contributed by atoms with E-state index in [4.69, 9.17) is 4.55 Å². The largest absolute Gasteiger partial charge is 0.408 e. The fraction of sp³-hybridized carbons (Fsp3) is 0. The van der Waals surface area contributed by atoms with E-state index in [0.29, 0.717) is 0 Å². The summed E-state index contributed by atoms with van der Waals surface area (Å²) in [5.74, 6) is 0. The number of hydrogen-bond acceptors (Lipinski definition) is 4. The van der Waals surface area contributed by atoms with Gasteiger partial charge < -0.3 is 0 Å². The minimum atomic E-state index is -4.30. The maximum Gasteiger partial charge on any atom is 0.408 e. The molecule has 0 aliphatic rings. The van der Waals surface area contributed by atoms with E-state index in [0.717, 1.165) is 0 Å². The van der Waals surface area contributed by atoms with Crippen LogP contribution in [0.3, 0.4) is 0 Å². The Morgan fingerprint density at radius 1 is 1.57 bits per heavy atom. The molecule has 0 aromatic carbocycles. The molecule has 41 valence electrons. The zero-order chi connectivity index (χ0) is 5.21. The summed E-state index contributed by atoms with van der Waals surface area (Å²) in [5, 5.41) is 0. The first-order chi connectivity index (χ1) is 2.56. The molecule has 0 unspecified atom stereocenters. The van der Waals surface area contributed by atoms with Gasteiger partial charge in [-0.25, -0.2) is 0 Å². The summed E-state index contributed by atoms with van der Waals surface area (Å²) in [7, 11) is -4.30. The van der Waals surface area contributed by atoms with Crippen LogP contribution in [0.1, 0.15) is 0 Å². The van der Waals surface area contributed by atoms with Gasteiger partial charge in [0.2, 0.25) is 0 Å². The molecule has 0 spiro atoms. The number of rotatable bonds is 1. The summed E-state index contributed by atoms with van der Waals surface area (Å²) in [6.07, 6.45) is 0. The summed E-state index contributed by atoms with van der Waals surface area (Å²) in [5.41, 5.74) is 0. The first-order valence-electron chi connectivity index (χ1n) is 0.865. The van der Waals surface area contributed by atoms with Crippen molar-refractivity contribution in [1.82, 2.24) is 0 Å². The third kappa shape index (κ3) is 10.8. The quantitative estimate of drug-likeness (QED) is 0.228. The van der Waals surface area contributed by atoms with Crippen molar-refractivity contribution >= 4 is 40.7 Å². The Bertz CT molecular complexity index is 112. The van der Waals surface area contributed by atoms with Gasteiger partial charge in [0.05, 0.1) is 0 Å². The number of thiol groups is 1. The topological polar surface area (TPSA) is 63.6 Å². The van der Waals surface area contributed by atoms with Crippen LogP contribution in [-0.2, 0) is 14.0 Å². The molecule has 7 heteroatoms. The van der Waals surface area contributed by atoms with Crippen molar-refractivity contribution < 1.29 is 16.6 Å². The smallest absolute Gasteiger partial charge is 0.263 e. The highest BCUT2D eigenvalue weighted by atomic mass is 32.3. The molecule has 0 fully saturated rings. The van der Waals surface area contributed by atoms with Gasteiger partial charge >= 0.3 is 10.4 Å². The van der Waals surface area contributed by atoms with Crippen LogP contribution in [-0.4, -0.2) is 30.3 Å². The van der Waals surface area contributed by atoms with Gasteiger partial charge in [0, 0.05) is 17.4 Å². The van der Waals surface area contributed by atoms with Crippen LogP contribution in [0, 0.1) is 0 Å². The Balaban J connectivity index is 0. The van der Waals surface area contributed by atoms with Crippen LogP contribution in [0.4, 0.5) is 0 Å². The van der Waals surface area contributed by atoms with Crippen LogP contribution < -0.4 is 0 Å². The predicted octanol–water partition coefficient (Wildman–Crippen LogP) is -0.730. The van der Waals surface area contributed by atoms with Crippen molar-refractivity contribution in [2.45, 2.75) is 0 Å². The molecular weight excluding hydrogens is 155 g/mol. The van der Waals surface area contributed by atoms with Crippen molar-refractivity contribution in [2.75, 3.05) is 0 Å². The van der Waals surface area contributed by atoms with Crippen molar-refractivity contribution in [1.29, 1.82) is 0 Å². The van der Waals surface area contributed by atoms with Crippen molar-refractivity contribution in [3.05, 3.63) is 0 Å². The van der Waals surface area contributed by atoms with E-state index in [1.807, 2.05) is 0 Å². The van der Waals surface area contributed by atoms with E-state index in [1.54, 1.807) is 0 Å². The van der Waals surface area contributed by atoms with E-state index < -0.39 is 10.4 Å². The molecule has 0 bridgehead atoms. The minimum Gasteiger partial charge on any atom is -0.263 e. The number of hydrogen-bond donors (Lipinski definition) is 2. The summed E-state index contributed by atoms with van der Waals surface area (Å²) in [6.45, 7) is 0. The SMILES string of the molecule is O=S(=O)(O)OS.[Al]. The van der Waals surface area contributed by atoms with Crippen molar-refractivity contribution in [3.8, 4) is 0 Å². The van der Waals surface area contributed by atoms with Crippen LogP contribution in [0.5, 0.6) is 0 Å². The molecule has 0 aliphatic heterocycles.